The molecule has 1 aromatic carbocycles. The van der Waals surface area contributed by atoms with Gasteiger partial charge in [0, 0.05) is 32.1 Å². The first-order chi connectivity index (χ1) is 11.1. The van der Waals surface area contributed by atoms with Crippen molar-refractivity contribution in [1.82, 2.24) is 14.9 Å². The molecule has 2 heterocycles. The minimum absolute atomic E-state index is 0.120. The number of piperidine rings is 1. The highest BCUT2D eigenvalue weighted by Gasteiger charge is 2.24. The first kappa shape index (κ1) is 15.5. The van der Waals surface area contributed by atoms with Crippen LogP contribution in [0, 0.1) is 6.92 Å². The quantitative estimate of drug-likeness (QED) is 0.872. The molecule has 1 aliphatic rings. The highest BCUT2D eigenvalue weighted by molar-refractivity contribution is 5.73. The molecule has 1 unspecified atom stereocenters. The third-order valence-corrected chi connectivity index (χ3v) is 4.22. The Hall–Kier alpha value is -2.43. The van der Waals surface area contributed by atoms with Crippen LogP contribution in [0.4, 0.5) is 0 Å². The standard InChI is InChI=1S/C18H21N3O2/c1-13-6-3-4-8-17(13)23-18-11-19-10-16(20-18)15-7-5-9-21(12-15)14(2)22/h3-4,6,8,10-11,15H,5,7,9,12H2,1-2H3. The van der Waals surface area contributed by atoms with E-state index in [2.05, 4.69) is 9.97 Å². The number of carbonyl (C=O) groups is 1. The van der Waals surface area contributed by atoms with Crippen molar-refractivity contribution in [1.29, 1.82) is 0 Å². The SMILES string of the molecule is CC(=O)N1CCCC(c2cncc(Oc3ccccc3C)n2)C1. The van der Waals surface area contributed by atoms with Crippen molar-refractivity contribution in [2.45, 2.75) is 32.6 Å². The van der Waals surface area contributed by atoms with Crippen molar-refractivity contribution < 1.29 is 9.53 Å². The van der Waals surface area contributed by atoms with E-state index in [9.17, 15) is 4.79 Å². The molecule has 1 aliphatic heterocycles. The van der Waals surface area contributed by atoms with Crippen LogP contribution < -0.4 is 4.74 Å². The number of aryl methyl sites for hydroxylation is 1. The molecule has 120 valence electrons. The van der Waals surface area contributed by atoms with E-state index in [0.29, 0.717) is 12.4 Å². The van der Waals surface area contributed by atoms with Gasteiger partial charge in [-0.1, -0.05) is 18.2 Å². The van der Waals surface area contributed by atoms with Crippen molar-refractivity contribution in [2.75, 3.05) is 13.1 Å². The highest BCUT2D eigenvalue weighted by atomic mass is 16.5. The lowest BCUT2D eigenvalue weighted by molar-refractivity contribution is -0.130. The first-order valence-corrected chi connectivity index (χ1v) is 7.94. The van der Waals surface area contributed by atoms with Gasteiger partial charge < -0.3 is 9.64 Å². The summed E-state index contributed by atoms with van der Waals surface area (Å²) in [6.07, 6.45) is 5.42. The van der Waals surface area contributed by atoms with Crippen molar-refractivity contribution in [2.24, 2.45) is 0 Å². The number of likely N-dealkylation sites (tertiary alicyclic amines) is 1. The second-order valence-corrected chi connectivity index (χ2v) is 5.95. The van der Waals surface area contributed by atoms with E-state index in [1.807, 2.05) is 36.1 Å². The largest absolute Gasteiger partial charge is 0.437 e. The fraction of sp³-hybridized carbons (Fsp3) is 0.389. The molecule has 1 saturated heterocycles. The summed E-state index contributed by atoms with van der Waals surface area (Å²) in [5.41, 5.74) is 1.95. The zero-order chi connectivity index (χ0) is 16.2. The zero-order valence-electron chi connectivity index (χ0n) is 13.5. The highest BCUT2D eigenvalue weighted by Crippen LogP contribution is 2.28. The molecule has 0 radical (unpaired) electrons. The third-order valence-electron chi connectivity index (χ3n) is 4.22. The summed E-state index contributed by atoms with van der Waals surface area (Å²) < 4.78 is 5.86. The Bertz CT molecular complexity index is 702. The topological polar surface area (TPSA) is 55.3 Å². The minimum atomic E-state index is 0.120. The lowest BCUT2D eigenvalue weighted by Gasteiger charge is -2.31. The Balaban J connectivity index is 1.77. The van der Waals surface area contributed by atoms with Gasteiger partial charge in [-0.05, 0) is 31.4 Å². The Labute approximate surface area is 136 Å². The Morgan fingerprint density at radius 3 is 2.91 bits per heavy atom. The summed E-state index contributed by atoms with van der Waals surface area (Å²) in [6.45, 7) is 5.15. The molecular formula is C18H21N3O2. The molecule has 3 rings (SSSR count). The van der Waals surface area contributed by atoms with Crippen LogP contribution in [0.3, 0.4) is 0 Å². The van der Waals surface area contributed by atoms with Crippen LogP contribution in [-0.4, -0.2) is 33.9 Å². The van der Waals surface area contributed by atoms with E-state index in [1.54, 1.807) is 19.3 Å². The normalized spacial score (nSPS) is 17.8. The fourth-order valence-corrected chi connectivity index (χ4v) is 2.90. The maximum atomic E-state index is 11.6. The lowest BCUT2D eigenvalue weighted by atomic mass is 9.95. The van der Waals surface area contributed by atoms with Crippen LogP contribution in [0.2, 0.25) is 0 Å². The van der Waals surface area contributed by atoms with Gasteiger partial charge in [-0.2, -0.15) is 0 Å². The summed E-state index contributed by atoms with van der Waals surface area (Å²) >= 11 is 0. The third kappa shape index (κ3) is 3.67. The van der Waals surface area contributed by atoms with Gasteiger partial charge in [0.15, 0.2) is 0 Å². The molecule has 1 fully saturated rings. The van der Waals surface area contributed by atoms with E-state index in [1.165, 1.54) is 0 Å². The van der Waals surface area contributed by atoms with Gasteiger partial charge >= 0.3 is 0 Å². The van der Waals surface area contributed by atoms with E-state index in [-0.39, 0.29) is 11.8 Å². The van der Waals surface area contributed by atoms with E-state index < -0.39 is 0 Å². The van der Waals surface area contributed by atoms with Gasteiger partial charge in [0.1, 0.15) is 5.75 Å². The maximum absolute atomic E-state index is 11.6. The van der Waals surface area contributed by atoms with E-state index in [0.717, 1.165) is 36.4 Å². The molecule has 2 aromatic rings. The molecule has 23 heavy (non-hydrogen) atoms. The van der Waals surface area contributed by atoms with Crippen LogP contribution in [0.25, 0.3) is 0 Å². The van der Waals surface area contributed by atoms with Gasteiger partial charge in [-0.15, -0.1) is 0 Å². The van der Waals surface area contributed by atoms with Gasteiger partial charge in [-0.3, -0.25) is 9.78 Å². The summed E-state index contributed by atoms with van der Waals surface area (Å²) in [7, 11) is 0. The number of amides is 1. The molecule has 5 heteroatoms. The molecule has 0 bridgehead atoms. The van der Waals surface area contributed by atoms with Crippen LogP contribution in [0.15, 0.2) is 36.7 Å². The predicted octanol–water partition coefficient (Wildman–Crippen LogP) is 3.30. The lowest BCUT2D eigenvalue weighted by Crippen LogP contribution is -2.37. The first-order valence-electron chi connectivity index (χ1n) is 7.94. The Morgan fingerprint density at radius 1 is 1.30 bits per heavy atom. The monoisotopic (exact) mass is 311 g/mol. The summed E-state index contributed by atoms with van der Waals surface area (Å²) in [6, 6.07) is 7.83. The summed E-state index contributed by atoms with van der Waals surface area (Å²) in [5.74, 6) is 1.63. The minimum Gasteiger partial charge on any atom is -0.437 e. The molecule has 0 saturated carbocycles. The van der Waals surface area contributed by atoms with Gasteiger partial charge in [0.2, 0.25) is 11.8 Å². The average Bonchev–Trinajstić information content (AvgIpc) is 2.57. The molecule has 1 atom stereocenters. The van der Waals surface area contributed by atoms with Crippen LogP contribution in [0.5, 0.6) is 11.6 Å². The second-order valence-electron chi connectivity index (χ2n) is 5.95. The predicted molar refractivity (Wildman–Crippen MR) is 87.5 cm³/mol. The number of carbonyl (C=O) groups excluding carboxylic acids is 1. The van der Waals surface area contributed by atoms with Crippen LogP contribution >= 0.6 is 0 Å². The molecule has 1 aromatic heterocycles. The second kappa shape index (κ2) is 6.77. The van der Waals surface area contributed by atoms with Crippen molar-refractivity contribution in [3.63, 3.8) is 0 Å². The van der Waals surface area contributed by atoms with E-state index in [4.69, 9.17) is 4.74 Å². The van der Waals surface area contributed by atoms with Crippen LogP contribution in [0.1, 0.15) is 36.9 Å². The number of ether oxygens (including phenoxy) is 1. The molecule has 0 N–H and O–H groups in total. The maximum Gasteiger partial charge on any atom is 0.238 e. The smallest absolute Gasteiger partial charge is 0.238 e. The number of hydrogen-bond acceptors (Lipinski definition) is 4. The molecular weight excluding hydrogens is 290 g/mol. The van der Waals surface area contributed by atoms with Crippen LogP contribution in [-0.2, 0) is 4.79 Å². The summed E-state index contributed by atoms with van der Waals surface area (Å²) in [4.78, 5) is 22.3. The Morgan fingerprint density at radius 2 is 2.13 bits per heavy atom. The molecule has 5 nitrogen and oxygen atoms in total. The average molecular weight is 311 g/mol. The van der Waals surface area contributed by atoms with Crippen molar-refractivity contribution >= 4 is 5.91 Å². The number of nitrogens with zero attached hydrogens (tertiary/aromatic N) is 3. The fourth-order valence-electron chi connectivity index (χ4n) is 2.90. The zero-order valence-corrected chi connectivity index (χ0v) is 13.5. The summed E-state index contributed by atoms with van der Waals surface area (Å²) in [5, 5.41) is 0. The number of hydrogen-bond donors (Lipinski definition) is 0. The van der Waals surface area contributed by atoms with Crippen molar-refractivity contribution in [3.8, 4) is 11.6 Å². The van der Waals surface area contributed by atoms with E-state index >= 15 is 0 Å². The number of benzene rings is 1. The number of rotatable bonds is 3. The van der Waals surface area contributed by atoms with Gasteiger partial charge in [-0.25, -0.2) is 4.98 Å². The van der Waals surface area contributed by atoms with Gasteiger partial charge in [0.25, 0.3) is 0 Å². The molecule has 0 spiro atoms. The van der Waals surface area contributed by atoms with Crippen molar-refractivity contribution in [3.05, 3.63) is 47.9 Å². The van der Waals surface area contributed by atoms with Gasteiger partial charge in [0.05, 0.1) is 11.9 Å². The molecule has 0 aliphatic carbocycles. The Kier molecular flexibility index (Phi) is 4.55. The number of para-hydroxylation sites is 1. The molecule has 1 amide bonds. The number of aromatic nitrogens is 2.